The number of carbonyl (C=O) groups excluding carboxylic acids is 2. The summed E-state index contributed by atoms with van der Waals surface area (Å²) in [5.41, 5.74) is 2.05. The van der Waals surface area contributed by atoms with E-state index in [1.165, 1.54) is 35.2 Å². The molecule has 0 bridgehead atoms. The van der Waals surface area contributed by atoms with Gasteiger partial charge in [-0.1, -0.05) is 66.7 Å². The number of carbonyl (C=O) groups is 4. The monoisotopic (exact) mass is 623 g/mol. The Kier molecular flexibility index (Phi) is 9.17. The minimum atomic E-state index is -1.43. The molecule has 1 aromatic heterocycles. The lowest BCUT2D eigenvalue weighted by Crippen LogP contribution is -2.19. The van der Waals surface area contributed by atoms with E-state index in [4.69, 9.17) is 0 Å². The molecule has 0 aliphatic rings. The molecule has 220 valence electrons. The molecule has 4 N–H and O–H groups in total. The standard InChI is InChI=1S/C33H25N3O6S2/c1-19-27(20-9-4-2-5-10-20)35-33(43-19)36-30(38)28(21-11-6-3-7-12-21)44-24-14-8-13-23(18-24)34-29(37)25-16-15-22(31(39)40)17-26(25)32(41)42/h2-18,28H,1H3,(H,34,37)(H,39,40)(H,41,42)(H,35,36,38). The highest BCUT2D eigenvalue weighted by atomic mass is 32.2. The number of nitrogens with zero attached hydrogens (tertiary/aromatic N) is 1. The van der Waals surface area contributed by atoms with Crippen molar-refractivity contribution >= 4 is 57.7 Å². The SMILES string of the molecule is Cc1sc(NC(=O)C(Sc2cccc(NC(=O)c3ccc(C(=O)O)cc3C(=O)O)c2)c2ccccc2)nc1-c1ccccc1. The number of rotatable bonds is 10. The number of carboxylic acid groups (broad SMARTS) is 2. The van der Waals surface area contributed by atoms with Crippen molar-refractivity contribution in [1.29, 1.82) is 0 Å². The minimum absolute atomic E-state index is 0.185. The Balaban J connectivity index is 1.37. The summed E-state index contributed by atoms with van der Waals surface area (Å²) in [5.74, 6) is -3.71. The number of thioether (sulfide) groups is 1. The lowest BCUT2D eigenvalue weighted by Gasteiger charge is -2.17. The predicted molar refractivity (Wildman–Crippen MR) is 171 cm³/mol. The fourth-order valence-electron chi connectivity index (χ4n) is 4.42. The summed E-state index contributed by atoms with van der Waals surface area (Å²) in [4.78, 5) is 56.0. The predicted octanol–water partition coefficient (Wildman–Crippen LogP) is 7.24. The molecular formula is C33H25N3O6S2. The second-order valence-electron chi connectivity index (χ2n) is 9.54. The van der Waals surface area contributed by atoms with Crippen molar-refractivity contribution in [3.8, 4) is 11.3 Å². The Morgan fingerprint density at radius 2 is 1.48 bits per heavy atom. The van der Waals surface area contributed by atoms with E-state index in [9.17, 15) is 29.4 Å². The fraction of sp³-hybridized carbons (Fsp3) is 0.0606. The highest BCUT2D eigenvalue weighted by molar-refractivity contribution is 8.00. The number of carboxylic acids is 2. The van der Waals surface area contributed by atoms with Crippen LogP contribution in [0.4, 0.5) is 10.8 Å². The first kappa shape index (κ1) is 30.2. The van der Waals surface area contributed by atoms with E-state index in [1.54, 1.807) is 24.3 Å². The number of benzene rings is 4. The molecule has 1 unspecified atom stereocenters. The number of hydrogen-bond acceptors (Lipinski definition) is 7. The number of hydrogen-bond donors (Lipinski definition) is 4. The van der Waals surface area contributed by atoms with E-state index in [2.05, 4.69) is 15.6 Å². The van der Waals surface area contributed by atoms with Gasteiger partial charge in [0.2, 0.25) is 5.91 Å². The highest BCUT2D eigenvalue weighted by Gasteiger charge is 2.24. The summed E-state index contributed by atoms with van der Waals surface area (Å²) in [6.45, 7) is 1.96. The van der Waals surface area contributed by atoms with E-state index >= 15 is 0 Å². The van der Waals surface area contributed by atoms with Gasteiger partial charge in [-0.3, -0.25) is 9.59 Å². The smallest absolute Gasteiger partial charge is 0.336 e. The Morgan fingerprint density at radius 1 is 0.773 bits per heavy atom. The van der Waals surface area contributed by atoms with Crippen molar-refractivity contribution in [2.24, 2.45) is 0 Å². The Labute approximate surface area is 260 Å². The van der Waals surface area contributed by atoms with Gasteiger partial charge in [0.15, 0.2) is 5.13 Å². The second kappa shape index (κ2) is 13.4. The zero-order chi connectivity index (χ0) is 31.2. The Morgan fingerprint density at radius 3 is 2.16 bits per heavy atom. The van der Waals surface area contributed by atoms with Crippen molar-refractivity contribution in [1.82, 2.24) is 4.98 Å². The maximum Gasteiger partial charge on any atom is 0.336 e. The first-order valence-electron chi connectivity index (χ1n) is 13.3. The Hall–Kier alpha value is -5.26. The van der Waals surface area contributed by atoms with E-state index < -0.39 is 28.7 Å². The lowest BCUT2D eigenvalue weighted by atomic mass is 10.0. The molecule has 1 atom stereocenters. The molecule has 0 radical (unpaired) electrons. The van der Waals surface area contributed by atoms with Crippen LogP contribution in [0.5, 0.6) is 0 Å². The van der Waals surface area contributed by atoms with Crippen molar-refractivity contribution in [3.05, 3.63) is 130 Å². The average Bonchev–Trinajstić information content (AvgIpc) is 3.39. The number of amides is 2. The third-order valence-corrected chi connectivity index (χ3v) is 8.64. The van der Waals surface area contributed by atoms with Gasteiger partial charge in [0.25, 0.3) is 5.91 Å². The lowest BCUT2D eigenvalue weighted by molar-refractivity contribution is -0.115. The Bertz CT molecular complexity index is 1860. The molecule has 4 aromatic carbocycles. The molecule has 44 heavy (non-hydrogen) atoms. The van der Waals surface area contributed by atoms with Crippen LogP contribution in [0, 0.1) is 6.92 Å². The number of aromatic carboxylic acids is 2. The molecule has 5 rings (SSSR count). The summed E-state index contributed by atoms with van der Waals surface area (Å²) >= 11 is 2.68. The molecule has 0 saturated heterocycles. The van der Waals surface area contributed by atoms with E-state index in [-0.39, 0.29) is 17.0 Å². The molecule has 0 fully saturated rings. The molecule has 0 aliphatic heterocycles. The van der Waals surface area contributed by atoms with Crippen LogP contribution in [0.2, 0.25) is 0 Å². The van der Waals surface area contributed by atoms with Gasteiger partial charge in [0, 0.05) is 21.0 Å². The van der Waals surface area contributed by atoms with Crippen LogP contribution >= 0.6 is 23.1 Å². The normalized spacial score (nSPS) is 11.4. The zero-order valence-electron chi connectivity index (χ0n) is 23.2. The minimum Gasteiger partial charge on any atom is -0.478 e. The molecule has 5 aromatic rings. The molecule has 1 heterocycles. The quantitative estimate of drug-likeness (QED) is 0.119. The molecule has 0 spiro atoms. The molecule has 0 aliphatic carbocycles. The molecule has 2 amide bonds. The number of nitrogens with one attached hydrogen (secondary N) is 2. The van der Waals surface area contributed by atoms with Crippen molar-refractivity contribution in [2.75, 3.05) is 10.6 Å². The van der Waals surface area contributed by atoms with Gasteiger partial charge in [-0.2, -0.15) is 0 Å². The van der Waals surface area contributed by atoms with Crippen LogP contribution in [-0.4, -0.2) is 39.0 Å². The van der Waals surface area contributed by atoms with E-state index in [0.717, 1.165) is 27.8 Å². The number of aryl methyl sites for hydroxylation is 1. The first-order valence-corrected chi connectivity index (χ1v) is 15.0. The molecule has 0 saturated carbocycles. The summed E-state index contributed by atoms with van der Waals surface area (Å²) in [7, 11) is 0. The molecule has 9 nitrogen and oxygen atoms in total. The van der Waals surface area contributed by atoms with Gasteiger partial charge in [0.05, 0.1) is 22.4 Å². The summed E-state index contributed by atoms with van der Waals surface area (Å²) in [6, 6.07) is 29.1. The van der Waals surface area contributed by atoms with Crippen LogP contribution < -0.4 is 10.6 Å². The second-order valence-corrected chi connectivity index (χ2v) is 11.9. The number of thiazole rings is 1. The fourth-order valence-corrected chi connectivity index (χ4v) is 6.34. The van der Waals surface area contributed by atoms with Gasteiger partial charge < -0.3 is 20.8 Å². The topological polar surface area (TPSA) is 146 Å². The van der Waals surface area contributed by atoms with Crippen LogP contribution in [0.1, 0.15) is 46.8 Å². The van der Waals surface area contributed by atoms with Gasteiger partial charge in [-0.05, 0) is 48.9 Å². The van der Waals surface area contributed by atoms with Gasteiger partial charge in [0.1, 0.15) is 5.25 Å². The average molecular weight is 624 g/mol. The zero-order valence-corrected chi connectivity index (χ0v) is 24.8. The van der Waals surface area contributed by atoms with Crippen molar-refractivity contribution in [3.63, 3.8) is 0 Å². The van der Waals surface area contributed by atoms with Crippen molar-refractivity contribution in [2.45, 2.75) is 17.1 Å². The maximum atomic E-state index is 13.7. The summed E-state index contributed by atoms with van der Waals surface area (Å²) in [5, 5.41) is 24.2. The van der Waals surface area contributed by atoms with Crippen LogP contribution in [0.3, 0.4) is 0 Å². The molecule has 11 heteroatoms. The number of anilines is 2. The first-order chi connectivity index (χ1) is 21.2. The largest absolute Gasteiger partial charge is 0.478 e. The third-order valence-electron chi connectivity index (χ3n) is 6.50. The third kappa shape index (κ3) is 7.02. The summed E-state index contributed by atoms with van der Waals surface area (Å²) < 4.78 is 0. The van der Waals surface area contributed by atoms with Gasteiger partial charge in [-0.15, -0.1) is 23.1 Å². The number of aromatic nitrogens is 1. The van der Waals surface area contributed by atoms with E-state index in [1.807, 2.05) is 67.6 Å². The van der Waals surface area contributed by atoms with Crippen molar-refractivity contribution < 1.29 is 29.4 Å². The summed E-state index contributed by atoms with van der Waals surface area (Å²) in [6.07, 6.45) is 0. The van der Waals surface area contributed by atoms with E-state index in [0.29, 0.717) is 15.7 Å². The van der Waals surface area contributed by atoms with Gasteiger partial charge in [-0.25, -0.2) is 14.6 Å². The van der Waals surface area contributed by atoms with Crippen LogP contribution in [0.25, 0.3) is 11.3 Å². The van der Waals surface area contributed by atoms with Crippen LogP contribution in [0.15, 0.2) is 108 Å². The highest BCUT2D eigenvalue weighted by Crippen LogP contribution is 2.38. The van der Waals surface area contributed by atoms with Crippen LogP contribution in [-0.2, 0) is 4.79 Å². The maximum absolute atomic E-state index is 13.7. The van der Waals surface area contributed by atoms with Gasteiger partial charge >= 0.3 is 11.9 Å². The molecular weight excluding hydrogens is 599 g/mol.